The van der Waals surface area contributed by atoms with Gasteiger partial charge in [0.1, 0.15) is 0 Å². The number of carboxylic acids is 1. The fourth-order valence-corrected chi connectivity index (χ4v) is 1.71. The van der Waals surface area contributed by atoms with Crippen LogP contribution in [-0.4, -0.2) is 27.9 Å². The zero-order valence-electron chi connectivity index (χ0n) is 11.0. The Kier molecular flexibility index (Phi) is 5.64. The number of nitro benzene ring substituents is 1. The molecule has 0 spiro atoms. The summed E-state index contributed by atoms with van der Waals surface area (Å²) in [5.74, 6) is -1.26. The Balaban J connectivity index is 2.57. The summed E-state index contributed by atoms with van der Waals surface area (Å²) in [4.78, 5) is 32.3. The third kappa shape index (κ3) is 5.05. The number of nitrogens with one attached hydrogen (secondary N) is 1. The second-order valence-electron chi connectivity index (χ2n) is 4.37. The predicted octanol–water partition coefficient (Wildman–Crippen LogP) is 1.51. The molecule has 1 aromatic carbocycles. The number of carbonyl (C=O) groups excluding carboxylic acids is 1. The van der Waals surface area contributed by atoms with Crippen molar-refractivity contribution in [3.05, 3.63) is 39.9 Å². The number of amides is 1. The van der Waals surface area contributed by atoms with Crippen LogP contribution in [0.5, 0.6) is 0 Å². The van der Waals surface area contributed by atoms with Crippen LogP contribution in [0.2, 0.25) is 0 Å². The topological polar surface area (TPSA) is 110 Å². The SMILES string of the molecule is CCC(CC(=O)O)NC(=O)Cc1ccc([N+](=O)[O-])cc1. The molecule has 1 atom stereocenters. The van der Waals surface area contributed by atoms with Crippen molar-refractivity contribution in [3.8, 4) is 0 Å². The molecule has 0 bridgehead atoms. The van der Waals surface area contributed by atoms with E-state index in [2.05, 4.69) is 5.32 Å². The first-order chi connectivity index (χ1) is 9.42. The summed E-state index contributed by atoms with van der Waals surface area (Å²) in [6.07, 6.45) is 0.467. The van der Waals surface area contributed by atoms with Crippen LogP contribution in [0.4, 0.5) is 5.69 Å². The molecular weight excluding hydrogens is 264 g/mol. The van der Waals surface area contributed by atoms with Crippen LogP contribution in [0.15, 0.2) is 24.3 Å². The molecule has 0 aliphatic carbocycles. The maximum atomic E-state index is 11.7. The van der Waals surface area contributed by atoms with E-state index in [0.29, 0.717) is 12.0 Å². The summed E-state index contributed by atoms with van der Waals surface area (Å²) in [5, 5.41) is 21.8. The maximum absolute atomic E-state index is 11.7. The number of rotatable bonds is 7. The van der Waals surface area contributed by atoms with Crippen LogP contribution in [0.1, 0.15) is 25.3 Å². The second kappa shape index (κ2) is 7.22. The largest absolute Gasteiger partial charge is 0.481 e. The molecule has 2 N–H and O–H groups in total. The van der Waals surface area contributed by atoms with Crippen molar-refractivity contribution in [2.45, 2.75) is 32.2 Å². The molecule has 0 fully saturated rings. The molecule has 20 heavy (non-hydrogen) atoms. The summed E-state index contributed by atoms with van der Waals surface area (Å²) in [6.45, 7) is 1.79. The van der Waals surface area contributed by atoms with Crippen LogP contribution < -0.4 is 5.32 Å². The summed E-state index contributed by atoms with van der Waals surface area (Å²) in [5.41, 5.74) is 0.602. The number of nitro groups is 1. The van der Waals surface area contributed by atoms with Crippen LogP contribution in [0.25, 0.3) is 0 Å². The first-order valence-electron chi connectivity index (χ1n) is 6.16. The highest BCUT2D eigenvalue weighted by molar-refractivity contribution is 5.79. The smallest absolute Gasteiger partial charge is 0.305 e. The van der Waals surface area contributed by atoms with Gasteiger partial charge in [0.05, 0.1) is 17.8 Å². The zero-order valence-corrected chi connectivity index (χ0v) is 11.0. The number of hydrogen-bond acceptors (Lipinski definition) is 4. The molecule has 108 valence electrons. The second-order valence-corrected chi connectivity index (χ2v) is 4.37. The zero-order chi connectivity index (χ0) is 15.1. The standard InChI is InChI=1S/C13H16N2O5/c1-2-10(8-13(17)18)14-12(16)7-9-3-5-11(6-4-9)15(19)20/h3-6,10H,2,7-8H2,1H3,(H,14,16)(H,17,18). The number of aliphatic carboxylic acids is 1. The molecule has 0 radical (unpaired) electrons. The molecule has 1 aromatic rings. The van der Waals surface area contributed by atoms with Gasteiger partial charge in [-0.1, -0.05) is 19.1 Å². The van der Waals surface area contributed by atoms with E-state index in [-0.39, 0.29) is 24.4 Å². The van der Waals surface area contributed by atoms with Crippen molar-refractivity contribution in [2.75, 3.05) is 0 Å². The lowest BCUT2D eigenvalue weighted by molar-refractivity contribution is -0.384. The van der Waals surface area contributed by atoms with Crippen LogP contribution in [-0.2, 0) is 16.0 Å². The predicted molar refractivity (Wildman–Crippen MR) is 71.3 cm³/mol. The lowest BCUT2D eigenvalue weighted by atomic mass is 10.1. The molecule has 1 amide bonds. The Morgan fingerprint density at radius 3 is 2.40 bits per heavy atom. The van der Waals surface area contributed by atoms with Gasteiger partial charge in [-0.3, -0.25) is 19.7 Å². The van der Waals surface area contributed by atoms with Gasteiger partial charge in [0, 0.05) is 18.2 Å². The molecule has 7 nitrogen and oxygen atoms in total. The first kappa shape index (κ1) is 15.6. The van der Waals surface area contributed by atoms with Crippen molar-refractivity contribution < 1.29 is 19.6 Å². The lowest BCUT2D eigenvalue weighted by Crippen LogP contribution is -2.36. The number of non-ortho nitro benzene ring substituents is 1. The third-order valence-electron chi connectivity index (χ3n) is 2.79. The van der Waals surface area contributed by atoms with Gasteiger partial charge in [-0.15, -0.1) is 0 Å². The van der Waals surface area contributed by atoms with Crippen molar-refractivity contribution >= 4 is 17.6 Å². The molecule has 0 aliphatic rings. The quantitative estimate of drug-likeness (QED) is 0.581. The normalized spacial score (nSPS) is 11.7. The summed E-state index contributed by atoms with van der Waals surface area (Å²) in [7, 11) is 0. The number of nitrogens with zero attached hydrogens (tertiary/aromatic N) is 1. The molecular formula is C13H16N2O5. The molecule has 1 unspecified atom stereocenters. The molecule has 1 rings (SSSR count). The Hall–Kier alpha value is -2.44. The van der Waals surface area contributed by atoms with Gasteiger partial charge < -0.3 is 10.4 Å². The first-order valence-corrected chi connectivity index (χ1v) is 6.16. The minimum atomic E-state index is -0.965. The fourth-order valence-electron chi connectivity index (χ4n) is 1.71. The van der Waals surface area contributed by atoms with E-state index in [1.807, 2.05) is 0 Å². The van der Waals surface area contributed by atoms with E-state index in [1.54, 1.807) is 6.92 Å². The Morgan fingerprint density at radius 1 is 1.35 bits per heavy atom. The highest BCUT2D eigenvalue weighted by atomic mass is 16.6. The summed E-state index contributed by atoms with van der Waals surface area (Å²) >= 11 is 0. The fraction of sp³-hybridized carbons (Fsp3) is 0.385. The van der Waals surface area contributed by atoms with E-state index in [0.717, 1.165) is 0 Å². The van der Waals surface area contributed by atoms with Crippen LogP contribution in [0.3, 0.4) is 0 Å². The van der Waals surface area contributed by atoms with Crippen LogP contribution in [0, 0.1) is 10.1 Å². The van der Waals surface area contributed by atoms with E-state index in [9.17, 15) is 19.7 Å². The van der Waals surface area contributed by atoms with E-state index in [1.165, 1.54) is 24.3 Å². The van der Waals surface area contributed by atoms with Gasteiger partial charge in [0.25, 0.3) is 5.69 Å². The van der Waals surface area contributed by atoms with E-state index < -0.39 is 16.9 Å². The van der Waals surface area contributed by atoms with Gasteiger partial charge in [-0.05, 0) is 12.0 Å². The Bertz CT molecular complexity index is 498. The van der Waals surface area contributed by atoms with Crippen molar-refractivity contribution in [1.29, 1.82) is 0 Å². The Morgan fingerprint density at radius 2 is 1.95 bits per heavy atom. The van der Waals surface area contributed by atoms with Gasteiger partial charge in [0.15, 0.2) is 0 Å². The monoisotopic (exact) mass is 280 g/mol. The minimum Gasteiger partial charge on any atom is -0.481 e. The van der Waals surface area contributed by atoms with E-state index in [4.69, 9.17) is 5.11 Å². The van der Waals surface area contributed by atoms with Gasteiger partial charge in [-0.2, -0.15) is 0 Å². The van der Waals surface area contributed by atoms with Crippen molar-refractivity contribution in [1.82, 2.24) is 5.32 Å². The highest BCUT2D eigenvalue weighted by Crippen LogP contribution is 2.12. The van der Waals surface area contributed by atoms with Gasteiger partial charge in [-0.25, -0.2) is 0 Å². The van der Waals surface area contributed by atoms with Crippen molar-refractivity contribution in [2.24, 2.45) is 0 Å². The highest BCUT2D eigenvalue weighted by Gasteiger charge is 2.14. The molecule has 0 saturated carbocycles. The summed E-state index contributed by atoms with van der Waals surface area (Å²) < 4.78 is 0. The minimum absolute atomic E-state index is 0.0357. The van der Waals surface area contributed by atoms with Crippen molar-refractivity contribution in [3.63, 3.8) is 0 Å². The average Bonchev–Trinajstić information content (AvgIpc) is 2.37. The molecule has 0 saturated heterocycles. The molecule has 0 aromatic heterocycles. The summed E-state index contributed by atoms with van der Waals surface area (Å²) in [6, 6.07) is 5.28. The van der Waals surface area contributed by atoms with Crippen LogP contribution >= 0.6 is 0 Å². The average molecular weight is 280 g/mol. The molecule has 0 heterocycles. The lowest BCUT2D eigenvalue weighted by Gasteiger charge is -2.14. The third-order valence-corrected chi connectivity index (χ3v) is 2.79. The number of carboxylic acid groups (broad SMARTS) is 1. The van der Waals surface area contributed by atoms with Gasteiger partial charge in [0.2, 0.25) is 5.91 Å². The molecule has 0 aliphatic heterocycles. The molecule has 7 heteroatoms. The number of benzene rings is 1. The number of carbonyl (C=O) groups is 2. The maximum Gasteiger partial charge on any atom is 0.305 e. The number of hydrogen-bond donors (Lipinski definition) is 2. The Labute approximate surface area is 115 Å². The van der Waals surface area contributed by atoms with Gasteiger partial charge >= 0.3 is 5.97 Å². The van der Waals surface area contributed by atoms with E-state index >= 15 is 0 Å².